The van der Waals surface area contributed by atoms with E-state index in [0.717, 1.165) is 31.9 Å². The predicted octanol–water partition coefficient (Wildman–Crippen LogP) is 2.01. The van der Waals surface area contributed by atoms with Crippen molar-refractivity contribution in [2.45, 2.75) is 32.1 Å². The molecule has 2 rings (SSSR count). The Labute approximate surface area is 110 Å². The van der Waals surface area contributed by atoms with Crippen molar-refractivity contribution >= 4 is 17.4 Å². The molecule has 1 aliphatic rings. The standard InChI is InChI=1S/C12H16N4O3/c17-12(9-4-2-1-3-5-9)15-14-11-7-6-10(8-13-11)16(18)19/h6-9H,1-5H2,(H,13,14)(H,15,17). The number of hydrazine groups is 1. The van der Waals surface area contributed by atoms with E-state index < -0.39 is 4.92 Å². The van der Waals surface area contributed by atoms with E-state index in [2.05, 4.69) is 15.8 Å². The predicted molar refractivity (Wildman–Crippen MR) is 69.2 cm³/mol. The number of anilines is 1. The maximum Gasteiger partial charge on any atom is 0.287 e. The molecule has 19 heavy (non-hydrogen) atoms. The minimum Gasteiger partial charge on any atom is -0.282 e. The molecule has 0 aromatic carbocycles. The molecule has 0 unspecified atom stereocenters. The van der Waals surface area contributed by atoms with Crippen molar-refractivity contribution in [1.82, 2.24) is 10.4 Å². The first kappa shape index (κ1) is 13.3. The maximum atomic E-state index is 11.8. The van der Waals surface area contributed by atoms with Gasteiger partial charge >= 0.3 is 0 Å². The molecule has 1 aromatic rings. The van der Waals surface area contributed by atoms with Crippen LogP contribution in [-0.4, -0.2) is 15.8 Å². The summed E-state index contributed by atoms with van der Waals surface area (Å²) in [6.07, 6.45) is 6.36. The number of aromatic nitrogens is 1. The van der Waals surface area contributed by atoms with Gasteiger partial charge in [0, 0.05) is 12.0 Å². The van der Waals surface area contributed by atoms with E-state index in [-0.39, 0.29) is 17.5 Å². The van der Waals surface area contributed by atoms with Crippen LogP contribution in [0.2, 0.25) is 0 Å². The Morgan fingerprint density at radius 2 is 2.05 bits per heavy atom. The number of hydrogen-bond donors (Lipinski definition) is 2. The molecule has 2 N–H and O–H groups in total. The van der Waals surface area contributed by atoms with E-state index in [0.29, 0.717) is 5.82 Å². The average molecular weight is 264 g/mol. The maximum absolute atomic E-state index is 11.8. The van der Waals surface area contributed by atoms with Crippen molar-refractivity contribution in [2.75, 3.05) is 5.43 Å². The smallest absolute Gasteiger partial charge is 0.282 e. The van der Waals surface area contributed by atoms with E-state index in [9.17, 15) is 14.9 Å². The number of carbonyl (C=O) groups excluding carboxylic acids is 1. The molecule has 1 fully saturated rings. The number of nitrogens with one attached hydrogen (secondary N) is 2. The minimum absolute atomic E-state index is 0.0418. The SMILES string of the molecule is O=C(NNc1ccc([N+](=O)[O-])cn1)C1CCCCC1. The Bertz CT molecular complexity index is 455. The molecule has 7 heteroatoms. The normalized spacial score (nSPS) is 15.8. The summed E-state index contributed by atoms with van der Waals surface area (Å²) in [5.74, 6) is 0.397. The molecule has 102 valence electrons. The number of amides is 1. The zero-order valence-electron chi connectivity index (χ0n) is 10.5. The highest BCUT2D eigenvalue weighted by Crippen LogP contribution is 2.23. The first-order chi connectivity index (χ1) is 9.16. The molecule has 0 aliphatic heterocycles. The van der Waals surface area contributed by atoms with Crippen LogP contribution in [0, 0.1) is 16.0 Å². The van der Waals surface area contributed by atoms with E-state index >= 15 is 0 Å². The van der Waals surface area contributed by atoms with Gasteiger partial charge in [-0.2, -0.15) is 0 Å². The van der Waals surface area contributed by atoms with Gasteiger partial charge in [0.25, 0.3) is 5.69 Å². The molecule has 0 bridgehead atoms. The molecule has 1 aliphatic carbocycles. The van der Waals surface area contributed by atoms with Crippen molar-refractivity contribution in [3.63, 3.8) is 0 Å². The third-order valence-electron chi connectivity index (χ3n) is 3.25. The summed E-state index contributed by atoms with van der Waals surface area (Å²) in [5, 5.41) is 10.5. The van der Waals surface area contributed by atoms with Crippen molar-refractivity contribution in [2.24, 2.45) is 5.92 Å². The van der Waals surface area contributed by atoms with Gasteiger partial charge in [0.15, 0.2) is 0 Å². The lowest BCUT2D eigenvalue weighted by atomic mass is 9.89. The van der Waals surface area contributed by atoms with Gasteiger partial charge in [-0.3, -0.25) is 25.8 Å². The van der Waals surface area contributed by atoms with Crippen LogP contribution < -0.4 is 10.9 Å². The summed E-state index contributed by atoms with van der Waals surface area (Å²) in [5.41, 5.74) is 5.19. The summed E-state index contributed by atoms with van der Waals surface area (Å²) in [7, 11) is 0. The molecule has 0 spiro atoms. The molecule has 0 saturated heterocycles. The van der Waals surface area contributed by atoms with Gasteiger partial charge < -0.3 is 0 Å². The van der Waals surface area contributed by atoms with Crippen molar-refractivity contribution in [1.29, 1.82) is 0 Å². The lowest BCUT2D eigenvalue weighted by molar-refractivity contribution is -0.385. The van der Waals surface area contributed by atoms with Crippen molar-refractivity contribution in [3.05, 3.63) is 28.4 Å². The third-order valence-corrected chi connectivity index (χ3v) is 3.25. The number of carbonyl (C=O) groups is 1. The van der Waals surface area contributed by atoms with E-state index in [1.807, 2.05) is 0 Å². The second-order valence-electron chi connectivity index (χ2n) is 4.61. The molecule has 1 amide bonds. The summed E-state index contributed by atoms with van der Waals surface area (Å²) < 4.78 is 0. The average Bonchev–Trinajstić information content (AvgIpc) is 2.46. The van der Waals surface area contributed by atoms with Crippen LogP contribution in [0.3, 0.4) is 0 Å². The highest BCUT2D eigenvalue weighted by molar-refractivity contribution is 5.79. The number of pyridine rings is 1. The van der Waals surface area contributed by atoms with E-state index in [1.54, 1.807) is 0 Å². The monoisotopic (exact) mass is 264 g/mol. The van der Waals surface area contributed by atoms with E-state index in [1.165, 1.54) is 18.6 Å². The summed E-state index contributed by atoms with van der Waals surface area (Å²) >= 11 is 0. The van der Waals surface area contributed by atoms with Crippen LogP contribution >= 0.6 is 0 Å². The Morgan fingerprint density at radius 1 is 1.32 bits per heavy atom. The molecule has 7 nitrogen and oxygen atoms in total. The van der Waals surface area contributed by atoms with Crippen LogP contribution in [0.1, 0.15) is 32.1 Å². The number of rotatable bonds is 4. The highest BCUT2D eigenvalue weighted by atomic mass is 16.6. The second kappa shape index (κ2) is 6.12. The summed E-state index contributed by atoms with van der Waals surface area (Å²) in [6, 6.07) is 2.79. The molecular formula is C12H16N4O3. The lowest BCUT2D eigenvalue weighted by Gasteiger charge is -2.20. The van der Waals surface area contributed by atoms with Crippen LogP contribution in [0.15, 0.2) is 18.3 Å². The van der Waals surface area contributed by atoms with Gasteiger partial charge in [0.05, 0.1) is 4.92 Å². The van der Waals surface area contributed by atoms with Gasteiger partial charge in [-0.25, -0.2) is 4.98 Å². The van der Waals surface area contributed by atoms with Crippen LogP contribution in [0.4, 0.5) is 11.5 Å². The first-order valence-electron chi connectivity index (χ1n) is 6.33. The second-order valence-corrected chi connectivity index (χ2v) is 4.61. The molecule has 1 aromatic heterocycles. The van der Waals surface area contributed by atoms with Crippen molar-refractivity contribution < 1.29 is 9.72 Å². The topological polar surface area (TPSA) is 97.2 Å². The Balaban J connectivity index is 1.84. The summed E-state index contributed by atoms with van der Waals surface area (Å²) in [4.78, 5) is 25.6. The Morgan fingerprint density at radius 3 is 2.63 bits per heavy atom. The van der Waals surface area contributed by atoms with Crippen LogP contribution in [0.5, 0.6) is 0 Å². The van der Waals surface area contributed by atoms with Crippen LogP contribution in [0.25, 0.3) is 0 Å². The zero-order chi connectivity index (χ0) is 13.7. The van der Waals surface area contributed by atoms with Gasteiger partial charge in [0.1, 0.15) is 12.0 Å². The fourth-order valence-corrected chi connectivity index (χ4v) is 2.16. The minimum atomic E-state index is -0.516. The number of nitro groups is 1. The molecular weight excluding hydrogens is 248 g/mol. The highest BCUT2D eigenvalue weighted by Gasteiger charge is 2.20. The largest absolute Gasteiger partial charge is 0.287 e. The fourth-order valence-electron chi connectivity index (χ4n) is 2.16. The lowest BCUT2D eigenvalue weighted by Crippen LogP contribution is -2.36. The molecule has 1 heterocycles. The zero-order valence-corrected chi connectivity index (χ0v) is 10.5. The molecule has 0 atom stereocenters. The number of nitrogens with zero attached hydrogens (tertiary/aromatic N) is 2. The fraction of sp³-hybridized carbons (Fsp3) is 0.500. The Hall–Kier alpha value is -2.18. The Kier molecular flexibility index (Phi) is 4.27. The first-order valence-corrected chi connectivity index (χ1v) is 6.33. The van der Waals surface area contributed by atoms with Gasteiger partial charge in [-0.05, 0) is 18.9 Å². The molecule has 0 radical (unpaired) electrons. The summed E-state index contributed by atoms with van der Waals surface area (Å²) in [6.45, 7) is 0. The van der Waals surface area contributed by atoms with Crippen LogP contribution in [-0.2, 0) is 4.79 Å². The number of hydrogen-bond acceptors (Lipinski definition) is 5. The quantitative estimate of drug-likeness (QED) is 0.640. The third kappa shape index (κ3) is 3.64. The van der Waals surface area contributed by atoms with Crippen molar-refractivity contribution in [3.8, 4) is 0 Å². The molecule has 1 saturated carbocycles. The van der Waals surface area contributed by atoms with Gasteiger partial charge in [-0.1, -0.05) is 19.3 Å². The van der Waals surface area contributed by atoms with Gasteiger partial charge in [0.2, 0.25) is 5.91 Å². The van der Waals surface area contributed by atoms with Gasteiger partial charge in [-0.15, -0.1) is 0 Å². The van der Waals surface area contributed by atoms with E-state index in [4.69, 9.17) is 0 Å².